The molecule has 1 saturated heterocycles. The van der Waals surface area contributed by atoms with Gasteiger partial charge in [-0.25, -0.2) is 4.98 Å². The van der Waals surface area contributed by atoms with E-state index in [2.05, 4.69) is 5.10 Å². The number of nitrogens with two attached hydrogens (primary N) is 1. The molecule has 1 atom stereocenters. The van der Waals surface area contributed by atoms with E-state index >= 15 is 0 Å². The topological polar surface area (TPSA) is 119 Å². The smallest absolute Gasteiger partial charge is 0.251 e. The Morgan fingerprint density at radius 1 is 1.30 bits per heavy atom. The average molecular weight is 410 g/mol. The highest BCUT2D eigenvalue weighted by atomic mass is 16.3. The summed E-state index contributed by atoms with van der Waals surface area (Å²) >= 11 is 0. The number of Topliss-reactive ketones (excluding diaryl/α,β-unsaturated/α-hetero) is 1. The van der Waals surface area contributed by atoms with Gasteiger partial charge in [0.05, 0.1) is 17.5 Å². The van der Waals surface area contributed by atoms with E-state index in [1.54, 1.807) is 11.1 Å². The van der Waals surface area contributed by atoms with Crippen molar-refractivity contribution in [2.75, 3.05) is 18.8 Å². The second kappa shape index (κ2) is 7.56. The van der Waals surface area contributed by atoms with E-state index in [9.17, 15) is 14.7 Å². The first kappa shape index (κ1) is 20.1. The molecule has 158 valence electrons. The Labute approximate surface area is 174 Å². The van der Waals surface area contributed by atoms with E-state index in [1.165, 1.54) is 18.4 Å². The first-order valence-electron chi connectivity index (χ1n) is 10.0. The number of aliphatic hydroxyl groups excluding tert-OH is 1. The number of aryl methyl sites for hydroxylation is 1. The second-order valence-electron chi connectivity index (χ2n) is 7.95. The third-order valence-corrected chi connectivity index (χ3v) is 5.76. The van der Waals surface area contributed by atoms with Gasteiger partial charge in [0, 0.05) is 49.6 Å². The monoisotopic (exact) mass is 410 g/mol. The zero-order valence-electron chi connectivity index (χ0n) is 17.4. The fourth-order valence-corrected chi connectivity index (χ4v) is 4.19. The van der Waals surface area contributed by atoms with Crippen LogP contribution in [-0.2, 0) is 11.8 Å². The van der Waals surface area contributed by atoms with Crippen molar-refractivity contribution in [2.24, 2.45) is 7.05 Å². The number of ketones is 1. The van der Waals surface area contributed by atoms with Crippen molar-refractivity contribution >= 4 is 23.2 Å². The van der Waals surface area contributed by atoms with Gasteiger partial charge in [0.2, 0.25) is 0 Å². The molecule has 9 nitrogen and oxygen atoms in total. The zero-order valence-corrected chi connectivity index (χ0v) is 17.4. The Hall–Kier alpha value is -3.20. The zero-order chi connectivity index (χ0) is 21.6. The Morgan fingerprint density at radius 3 is 2.57 bits per heavy atom. The molecule has 4 heterocycles. The highest BCUT2D eigenvalue weighted by Gasteiger charge is 2.31. The molecule has 1 aliphatic rings. The van der Waals surface area contributed by atoms with Crippen molar-refractivity contribution in [2.45, 2.75) is 38.7 Å². The van der Waals surface area contributed by atoms with Crippen LogP contribution in [0.3, 0.4) is 0 Å². The molecular weight excluding hydrogens is 384 g/mol. The molecule has 0 spiro atoms. The van der Waals surface area contributed by atoms with Crippen LogP contribution in [0, 0.1) is 0 Å². The van der Waals surface area contributed by atoms with Crippen molar-refractivity contribution < 1.29 is 14.7 Å². The second-order valence-corrected chi connectivity index (χ2v) is 7.95. The molecule has 0 aromatic carbocycles. The van der Waals surface area contributed by atoms with Crippen LogP contribution in [0.25, 0.3) is 16.8 Å². The van der Waals surface area contributed by atoms with Crippen molar-refractivity contribution in [3.8, 4) is 11.1 Å². The summed E-state index contributed by atoms with van der Waals surface area (Å²) in [6, 6.07) is 1.98. The van der Waals surface area contributed by atoms with Crippen LogP contribution < -0.4 is 5.73 Å². The summed E-state index contributed by atoms with van der Waals surface area (Å²) in [5.74, 6) is -0.151. The molecule has 3 N–H and O–H groups in total. The molecule has 1 fully saturated rings. The molecule has 30 heavy (non-hydrogen) atoms. The van der Waals surface area contributed by atoms with Crippen molar-refractivity contribution in [1.82, 2.24) is 24.1 Å². The van der Waals surface area contributed by atoms with Gasteiger partial charge >= 0.3 is 0 Å². The highest BCUT2D eigenvalue weighted by Crippen LogP contribution is 2.34. The molecule has 0 unspecified atom stereocenters. The lowest BCUT2D eigenvalue weighted by Crippen LogP contribution is -2.42. The van der Waals surface area contributed by atoms with E-state index in [0.717, 1.165) is 11.1 Å². The number of hydrogen-bond donors (Lipinski definition) is 2. The Bertz CT molecular complexity index is 1120. The van der Waals surface area contributed by atoms with Gasteiger partial charge in [-0.15, -0.1) is 0 Å². The molecule has 0 aliphatic carbocycles. The number of nitrogens with zero attached hydrogens (tertiary/aromatic N) is 5. The highest BCUT2D eigenvalue weighted by molar-refractivity contribution is 6.00. The van der Waals surface area contributed by atoms with Crippen LogP contribution >= 0.6 is 0 Å². The quantitative estimate of drug-likeness (QED) is 0.631. The number of amides is 1. The predicted molar refractivity (Wildman–Crippen MR) is 112 cm³/mol. The van der Waals surface area contributed by atoms with Crippen LogP contribution in [-0.4, -0.2) is 60.1 Å². The lowest BCUT2D eigenvalue weighted by Gasteiger charge is -2.33. The summed E-state index contributed by atoms with van der Waals surface area (Å²) in [4.78, 5) is 31.1. The molecule has 0 radical (unpaired) electrons. The van der Waals surface area contributed by atoms with Gasteiger partial charge in [-0.2, -0.15) is 9.61 Å². The summed E-state index contributed by atoms with van der Waals surface area (Å²) < 4.78 is 3.47. The third-order valence-electron chi connectivity index (χ3n) is 5.76. The normalized spacial score (nSPS) is 16.2. The summed E-state index contributed by atoms with van der Waals surface area (Å²) in [5.41, 5.74) is 9.86. The van der Waals surface area contributed by atoms with Gasteiger partial charge in [-0.3, -0.25) is 9.59 Å². The van der Waals surface area contributed by atoms with Crippen LogP contribution in [0.5, 0.6) is 0 Å². The number of nitrogen functional groups attached to an aromatic ring is 1. The maximum absolute atomic E-state index is 12.5. The van der Waals surface area contributed by atoms with Crippen LogP contribution in [0.4, 0.5) is 5.82 Å². The number of piperidine rings is 1. The van der Waals surface area contributed by atoms with Crippen molar-refractivity contribution in [3.63, 3.8) is 0 Å². The number of aliphatic hydroxyl groups is 1. The number of fused-ring (bicyclic) bond motifs is 1. The molecule has 3 aromatic heterocycles. The Morgan fingerprint density at radius 2 is 2.00 bits per heavy atom. The molecule has 0 bridgehead atoms. The van der Waals surface area contributed by atoms with E-state index in [1.807, 2.05) is 30.1 Å². The summed E-state index contributed by atoms with van der Waals surface area (Å²) in [5, 5.41) is 13.9. The molecule has 4 rings (SSSR count). The maximum atomic E-state index is 12.5. The number of hydrogen-bond acceptors (Lipinski definition) is 6. The van der Waals surface area contributed by atoms with Gasteiger partial charge in [0.1, 0.15) is 11.9 Å². The number of likely N-dealkylation sites (tertiary alicyclic amines) is 1. The molecule has 9 heteroatoms. The minimum atomic E-state index is -1.01. The minimum absolute atomic E-state index is 0.00669. The van der Waals surface area contributed by atoms with E-state index < -0.39 is 6.10 Å². The van der Waals surface area contributed by atoms with Crippen molar-refractivity contribution in [1.29, 1.82) is 0 Å². The Kier molecular flexibility index (Phi) is 5.07. The van der Waals surface area contributed by atoms with Crippen LogP contribution in [0.1, 0.15) is 48.7 Å². The number of carbonyl (C=O) groups is 2. The van der Waals surface area contributed by atoms with Crippen molar-refractivity contribution in [3.05, 3.63) is 35.9 Å². The van der Waals surface area contributed by atoms with Gasteiger partial charge in [-0.05, 0) is 32.8 Å². The number of anilines is 1. The molecular formula is C21H26N6O3. The summed E-state index contributed by atoms with van der Waals surface area (Å²) in [6.07, 6.45) is 5.92. The minimum Gasteiger partial charge on any atom is -0.384 e. The first-order chi connectivity index (χ1) is 14.3. The van der Waals surface area contributed by atoms with Crippen LogP contribution in [0.2, 0.25) is 0 Å². The standard InChI is InChI=1S/C21H26N6O3/c1-12(28)17-18(14-5-8-26(9-6-14)21(30)13(2)29)24-20-16(10-23-27(20)19(17)22)15-4-7-25(3)11-15/h4,7,10-11,13-14,29H,5-6,8-9,22H2,1-3H3/t13-/m1/s1. The fraction of sp³-hybridized carbons (Fsp3) is 0.429. The first-order valence-corrected chi connectivity index (χ1v) is 10.0. The molecule has 0 saturated carbocycles. The molecule has 3 aromatic rings. The van der Waals surface area contributed by atoms with Crippen LogP contribution in [0.15, 0.2) is 24.7 Å². The summed E-state index contributed by atoms with van der Waals surface area (Å²) in [6.45, 7) is 3.96. The lowest BCUT2D eigenvalue weighted by atomic mass is 9.89. The number of rotatable bonds is 4. The molecule has 1 amide bonds. The maximum Gasteiger partial charge on any atom is 0.251 e. The SMILES string of the molecule is CC(=O)c1c(C2CCN(C(=O)[C@@H](C)O)CC2)nc2c(-c3ccn(C)c3)cnn2c1N. The van der Waals surface area contributed by atoms with Gasteiger partial charge < -0.3 is 20.3 Å². The Balaban J connectivity index is 1.76. The van der Waals surface area contributed by atoms with Gasteiger partial charge in [-0.1, -0.05) is 0 Å². The largest absolute Gasteiger partial charge is 0.384 e. The fourth-order valence-electron chi connectivity index (χ4n) is 4.19. The number of aromatic nitrogens is 4. The lowest BCUT2D eigenvalue weighted by molar-refractivity contribution is -0.140. The van der Waals surface area contributed by atoms with Gasteiger partial charge in [0.15, 0.2) is 11.4 Å². The number of carbonyl (C=O) groups excluding carboxylic acids is 2. The van der Waals surface area contributed by atoms with E-state index in [-0.39, 0.29) is 23.4 Å². The molecule has 1 aliphatic heterocycles. The van der Waals surface area contributed by atoms with Gasteiger partial charge in [0.25, 0.3) is 5.91 Å². The van der Waals surface area contributed by atoms with E-state index in [0.29, 0.717) is 42.8 Å². The predicted octanol–water partition coefficient (Wildman–Crippen LogP) is 1.61. The average Bonchev–Trinajstić information content (AvgIpc) is 3.33. The third kappa shape index (κ3) is 3.35. The summed E-state index contributed by atoms with van der Waals surface area (Å²) in [7, 11) is 1.94. The van der Waals surface area contributed by atoms with E-state index in [4.69, 9.17) is 10.7 Å².